The third-order valence-electron chi connectivity index (χ3n) is 1.74. The van der Waals surface area contributed by atoms with E-state index in [1.165, 1.54) is 18.2 Å². The zero-order valence-electron chi connectivity index (χ0n) is 7.61. The van der Waals surface area contributed by atoms with E-state index in [0.717, 1.165) is 12.8 Å². The molecule has 1 atom stereocenters. The standard InChI is InChI=1S/C9H19FS/c1-4-6-7-8-9-11(3,10)5-2/h5H,2,4,6-9H2,1,3H3. The van der Waals surface area contributed by atoms with Crippen LogP contribution in [0.3, 0.4) is 0 Å². The number of hydrogen-bond acceptors (Lipinski definition) is 0. The van der Waals surface area contributed by atoms with Crippen LogP contribution in [0, 0.1) is 0 Å². The fraction of sp³-hybridized carbons (Fsp3) is 0.778. The lowest BCUT2D eigenvalue weighted by Gasteiger charge is -2.20. The molecule has 0 heterocycles. The van der Waals surface area contributed by atoms with Gasteiger partial charge in [-0.15, -0.1) is 0 Å². The van der Waals surface area contributed by atoms with Gasteiger partial charge in [-0.25, -0.2) is 0 Å². The average molecular weight is 178 g/mol. The summed E-state index contributed by atoms with van der Waals surface area (Å²) in [4.78, 5) is 0. The molecule has 11 heavy (non-hydrogen) atoms. The summed E-state index contributed by atoms with van der Waals surface area (Å²) in [5.74, 6) is 0.705. The molecular formula is C9H19FS. The molecule has 0 fully saturated rings. The van der Waals surface area contributed by atoms with Crippen LogP contribution in [-0.4, -0.2) is 12.0 Å². The van der Waals surface area contributed by atoms with Gasteiger partial charge in [0.25, 0.3) is 0 Å². The van der Waals surface area contributed by atoms with Crippen molar-refractivity contribution >= 4 is 10.4 Å². The maximum atomic E-state index is 13.2. The van der Waals surface area contributed by atoms with Gasteiger partial charge >= 0.3 is 0 Å². The van der Waals surface area contributed by atoms with E-state index in [2.05, 4.69) is 13.5 Å². The summed E-state index contributed by atoms with van der Waals surface area (Å²) in [7, 11) is -1.94. The lowest BCUT2D eigenvalue weighted by Crippen LogP contribution is -1.92. The van der Waals surface area contributed by atoms with Gasteiger partial charge in [-0.3, -0.25) is 0 Å². The minimum Gasteiger partial charge on any atom is -0.186 e. The first kappa shape index (κ1) is 11.0. The predicted octanol–water partition coefficient (Wildman–Crippen LogP) is 4.03. The van der Waals surface area contributed by atoms with Gasteiger partial charge in [0.15, 0.2) is 0 Å². The monoisotopic (exact) mass is 178 g/mol. The maximum Gasteiger partial charge on any atom is 0.00692 e. The second-order valence-corrected chi connectivity index (χ2v) is 5.80. The van der Waals surface area contributed by atoms with E-state index in [1.807, 2.05) is 0 Å². The lowest BCUT2D eigenvalue weighted by molar-refractivity contribution is 0.700. The molecule has 0 bridgehead atoms. The number of unbranched alkanes of at least 4 members (excludes halogenated alkanes) is 3. The first-order valence-corrected chi connectivity index (χ1v) is 6.38. The fourth-order valence-electron chi connectivity index (χ4n) is 0.894. The summed E-state index contributed by atoms with van der Waals surface area (Å²) < 4.78 is 13.2. The van der Waals surface area contributed by atoms with Crippen LogP contribution in [0.5, 0.6) is 0 Å². The highest BCUT2D eigenvalue weighted by molar-refractivity contribution is 8.31. The van der Waals surface area contributed by atoms with Crippen LogP contribution >= 0.6 is 10.4 Å². The van der Waals surface area contributed by atoms with Gasteiger partial charge in [0, 0.05) is 5.75 Å². The van der Waals surface area contributed by atoms with Gasteiger partial charge in [0.2, 0.25) is 0 Å². The van der Waals surface area contributed by atoms with Gasteiger partial charge in [-0.1, -0.05) is 43.2 Å². The zero-order chi connectivity index (χ0) is 8.74. The van der Waals surface area contributed by atoms with Gasteiger partial charge in [0.1, 0.15) is 0 Å². The van der Waals surface area contributed by atoms with E-state index in [1.54, 1.807) is 6.26 Å². The van der Waals surface area contributed by atoms with Crippen molar-refractivity contribution in [2.24, 2.45) is 0 Å². The minimum atomic E-state index is -1.94. The Labute approximate surface area is 71.5 Å². The highest BCUT2D eigenvalue weighted by Crippen LogP contribution is 2.47. The Balaban J connectivity index is 3.30. The molecule has 1 unspecified atom stereocenters. The molecule has 2 heteroatoms. The number of hydrogen-bond donors (Lipinski definition) is 0. The van der Waals surface area contributed by atoms with E-state index in [4.69, 9.17) is 0 Å². The highest BCUT2D eigenvalue weighted by atomic mass is 32.3. The summed E-state index contributed by atoms with van der Waals surface area (Å²) in [5.41, 5.74) is 0. The molecule has 0 aliphatic carbocycles. The Morgan fingerprint density at radius 1 is 1.36 bits per heavy atom. The zero-order valence-corrected chi connectivity index (χ0v) is 8.42. The highest BCUT2D eigenvalue weighted by Gasteiger charge is 2.09. The lowest BCUT2D eigenvalue weighted by atomic mass is 10.2. The van der Waals surface area contributed by atoms with Gasteiger partial charge < -0.3 is 0 Å². The smallest absolute Gasteiger partial charge is 0.00692 e. The Hall–Kier alpha value is 0.0200. The Morgan fingerprint density at radius 3 is 2.45 bits per heavy atom. The Kier molecular flexibility index (Phi) is 5.65. The van der Waals surface area contributed by atoms with Crippen molar-refractivity contribution in [1.82, 2.24) is 0 Å². The van der Waals surface area contributed by atoms with Crippen molar-refractivity contribution < 1.29 is 3.89 Å². The van der Waals surface area contributed by atoms with Crippen LogP contribution in [0.25, 0.3) is 0 Å². The molecule has 0 saturated carbocycles. The molecule has 0 saturated heterocycles. The molecule has 68 valence electrons. The normalized spacial score (nSPS) is 18.8. The molecule has 0 amide bonds. The third-order valence-corrected chi connectivity index (χ3v) is 3.53. The van der Waals surface area contributed by atoms with Crippen LogP contribution in [0.2, 0.25) is 0 Å². The second-order valence-electron chi connectivity index (χ2n) is 2.97. The first-order valence-electron chi connectivity index (χ1n) is 4.20. The van der Waals surface area contributed by atoms with E-state index in [9.17, 15) is 3.89 Å². The van der Waals surface area contributed by atoms with Crippen molar-refractivity contribution in [3.8, 4) is 0 Å². The molecule has 0 spiro atoms. The van der Waals surface area contributed by atoms with E-state index < -0.39 is 10.4 Å². The molecule has 0 N–H and O–H groups in total. The van der Waals surface area contributed by atoms with Gasteiger partial charge in [0.05, 0.1) is 0 Å². The quantitative estimate of drug-likeness (QED) is 0.539. The SMILES string of the molecule is C=CS(C)(F)CCCCCC. The molecule has 0 aliphatic rings. The van der Waals surface area contributed by atoms with E-state index >= 15 is 0 Å². The molecule has 0 aromatic rings. The Morgan fingerprint density at radius 2 is 2.00 bits per heavy atom. The molecule has 0 aliphatic heterocycles. The molecule has 0 nitrogen and oxygen atoms in total. The summed E-state index contributed by atoms with van der Waals surface area (Å²) in [6.45, 7) is 5.66. The number of rotatable bonds is 6. The van der Waals surface area contributed by atoms with E-state index in [0.29, 0.717) is 5.75 Å². The van der Waals surface area contributed by atoms with Crippen molar-refractivity contribution in [3.63, 3.8) is 0 Å². The number of halogens is 1. The van der Waals surface area contributed by atoms with Gasteiger partial charge in [-0.2, -0.15) is 3.89 Å². The topological polar surface area (TPSA) is 0 Å². The summed E-state index contributed by atoms with van der Waals surface area (Å²) in [5, 5.41) is 1.49. The van der Waals surface area contributed by atoms with Crippen molar-refractivity contribution in [1.29, 1.82) is 0 Å². The van der Waals surface area contributed by atoms with Crippen molar-refractivity contribution in [3.05, 3.63) is 12.0 Å². The van der Waals surface area contributed by atoms with Gasteiger partial charge in [-0.05, 0) is 18.1 Å². The predicted molar refractivity (Wildman–Crippen MR) is 53.8 cm³/mol. The van der Waals surface area contributed by atoms with Crippen LogP contribution in [0.15, 0.2) is 12.0 Å². The largest absolute Gasteiger partial charge is 0.186 e. The third kappa shape index (κ3) is 6.42. The summed E-state index contributed by atoms with van der Waals surface area (Å²) in [6, 6.07) is 0. The Bertz CT molecular complexity index is 110. The molecule has 0 radical (unpaired) electrons. The molecular weight excluding hydrogens is 159 g/mol. The molecule has 0 rings (SSSR count). The van der Waals surface area contributed by atoms with Crippen LogP contribution in [0.1, 0.15) is 32.6 Å². The summed E-state index contributed by atoms with van der Waals surface area (Å²) in [6.07, 6.45) is 6.30. The molecule has 0 aromatic heterocycles. The first-order chi connectivity index (χ1) is 5.12. The second kappa shape index (κ2) is 5.64. The van der Waals surface area contributed by atoms with Crippen molar-refractivity contribution in [2.75, 3.05) is 12.0 Å². The van der Waals surface area contributed by atoms with E-state index in [-0.39, 0.29) is 0 Å². The minimum absolute atomic E-state index is 0.705. The van der Waals surface area contributed by atoms with Crippen LogP contribution < -0.4 is 0 Å². The van der Waals surface area contributed by atoms with Crippen LogP contribution in [0.4, 0.5) is 3.89 Å². The fourth-order valence-corrected chi connectivity index (χ4v) is 1.83. The van der Waals surface area contributed by atoms with Crippen LogP contribution in [-0.2, 0) is 0 Å². The molecule has 0 aromatic carbocycles. The maximum absolute atomic E-state index is 13.2. The summed E-state index contributed by atoms with van der Waals surface area (Å²) >= 11 is 0. The average Bonchev–Trinajstić information content (AvgIpc) is 1.99. The van der Waals surface area contributed by atoms with Crippen molar-refractivity contribution in [2.45, 2.75) is 32.6 Å².